The van der Waals surface area contributed by atoms with Crippen molar-refractivity contribution < 1.29 is 33.7 Å². The molecule has 4 rings (SSSR count). The SMILES string of the molecule is CC1OCCOC1CNC(=O)C(CCC(=O)O)NC(=O)OCC1c2ccccc2-c2ccccc21. The van der Waals surface area contributed by atoms with Gasteiger partial charge in [-0.2, -0.15) is 0 Å². The van der Waals surface area contributed by atoms with E-state index in [1.165, 1.54) is 0 Å². The van der Waals surface area contributed by atoms with Gasteiger partial charge in [0.15, 0.2) is 0 Å². The highest BCUT2D eigenvalue weighted by molar-refractivity contribution is 5.86. The second kappa shape index (κ2) is 11.3. The van der Waals surface area contributed by atoms with E-state index in [2.05, 4.69) is 10.6 Å². The molecule has 3 atom stereocenters. The predicted molar refractivity (Wildman–Crippen MR) is 127 cm³/mol. The Labute approximate surface area is 203 Å². The van der Waals surface area contributed by atoms with E-state index in [9.17, 15) is 14.4 Å². The van der Waals surface area contributed by atoms with Crippen LogP contribution in [0.25, 0.3) is 11.1 Å². The maximum absolute atomic E-state index is 12.8. The maximum Gasteiger partial charge on any atom is 0.407 e. The predicted octanol–water partition coefficient (Wildman–Crippen LogP) is 2.68. The zero-order chi connectivity index (χ0) is 24.8. The first-order valence-electron chi connectivity index (χ1n) is 11.8. The molecule has 186 valence electrons. The molecule has 2 aromatic carbocycles. The standard InChI is InChI=1S/C26H30N2O7/c1-16-23(34-13-12-33-16)14-27-25(31)22(10-11-24(29)30)28-26(32)35-15-21-19-8-4-2-6-17(19)18-7-3-5-9-20(18)21/h2-9,16,21-23H,10-15H2,1H3,(H,27,31)(H,28,32)(H,29,30). The number of benzene rings is 2. The summed E-state index contributed by atoms with van der Waals surface area (Å²) in [5, 5.41) is 14.3. The van der Waals surface area contributed by atoms with Crippen LogP contribution in [0.15, 0.2) is 48.5 Å². The quantitative estimate of drug-likeness (QED) is 0.502. The van der Waals surface area contributed by atoms with E-state index in [0.29, 0.717) is 13.2 Å². The second-order valence-electron chi connectivity index (χ2n) is 8.69. The molecule has 0 bridgehead atoms. The lowest BCUT2D eigenvalue weighted by atomic mass is 9.98. The summed E-state index contributed by atoms with van der Waals surface area (Å²) in [5.41, 5.74) is 4.37. The van der Waals surface area contributed by atoms with Crippen LogP contribution in [0.4, 0.5) is 4.79 Å². The lowest BCUT2D eigenvalue weighted by molar-refractivity contribution is -0.138. The second-order valence-corrected chi connectivity index (χ2v) is 8.69. The minimum Gasteiger partial charge on any atom is -0.481 e. The number of fused-ring (bicyclic) bond motifs is 3. The number of alkyl carbamates (subject to hydrolysis) is 1. The summed E-state index contributed by atoms with van der Waals surface area (Å²) < 4.78 is 16.6. The molecular formula is C26H30N2O7. The fourth-order valence-corrected chi connectivity index (χ4v) is 4.54. The van der Waals surface area contributed by atoms with Crippen LogP contribution < -0.4 is 10.6 Å². The molecule has 3 N–H and O–H groups in total. The fraction of sp³-hybridized carbons (Fsp3) is 0.423. The van der Waals surface area contributed by atoms with Gasteiger partial charge in [0.05, 0.1) is 19.3 Å². The van der Waals surface area contributed by atoms with E-state index in [0.717, 1.165) is 22.3 Å². The molecule has 9 heteroatoms. The van der Waals surface area contributed by atoms with Crippen LogP contribution in [-0.2, 0) is 23.8 Å². The third-order valence-electron chi connectivity index (χ3n) is 6.40. The highest BCUT2D eigenvalue weighted by Crippen LogP contribution is 2.44. The van der Waals surface area contributed by atoms with Crippen LogP contribution in [0.1, 0.15) is 36.8 Å². The summed E-state index contributed by atoms with van der Waals surface area (Å²) >= 11 is 0. The smallest absolute Gasteiger partial charge is 0.407 e. The van der Waals surface area contributed by atoms with E-state index in [-0.39, 0.29) is 44.1 Å². The number of carboxylic acids is 1. The number of rotatable bonds is 9. The van der Waals surface area contributed by atoms with Gasteiger partial charge in [-0.25, -0.2) is 4.79 Å². The molecule has 0 aromatic heterocycles. The van der Waals surface area contributed by atoms with Gasteiger partial charge in [0.2, 0.25) is 5.91 Å². The molecule has 35 heavy (non-hydrogen) atoms. The number of nitrogens with one attached hydrogen (secondary N) is 2. The number of carbonyl (C=O) groups excluding carboxylic acids is 2. The van der Waals surface area contributed by atoms with Gasteiger partial charge in [-0.3, -0.25) is 9.59 Å². The van der Waals surface area contributed by atoms with Crippen molar-refractivity contribution in [3.63, 3.8) is 0 Å². The molecule has 3 unspecified atom stereocenters. The third-order valence-corrected chi connectivity index (χ3v) is 6.40. The molecule has 2 aromatic rings. The molecule has 1 saturated heterocycles. The van der Waals surface area contributed by atoms with Crippen molar-refractivity contribution in [3.8, 4) is 11.1 Å². The molecule has 2 amide bonds. The van der Waals surface area contributed by atoms with E-state index in [4.69, 9.17) is 19.3 Å². The van der Waals surface area contributed by atoms with Gasteiger partial charge in [-0.05, 0) is 35.6 Å². The summed E-state index contributed by atoms with van der Waals surface area (Å²) in [4.78, 5) is 36.5. The van der Waals surface area contributed by atoms with Crippen molar-refractivity contribution in [2.75, 3.05) is 26.4 Å². The Bertz CT molecular complexity index is 1030. The van der Waals surface area contributed by atoms with E-state index in [1.54, 1.807) is 0 Å². The van der Waals surface area contributed by atoms with Crippen molar-refractivity contribution in [1.82, 2.24) is 10.6 Å². The highest BCUT2D eigenvalue weighted by Gasteiger charge is 2.30. The Balaban J connectivity index is 1.36. The summed E-state index contributed by atoms with van der Waals surface area (Å²) in [6.45, 7) is 3.07. The normalized spacial score (nSPS) is 19.8. The number of carbonyl (C=O) groups is 3. The fourth-order valence-electron chi connectivity index (χ4n) is 4.54. The van der Waals surface area contributed by atoms with Gasteiger partial charge < -0.3 is 30.0 Å². The van der Waals surface area contributed by atoms with Gasteiger partial charge in [-0.15, -0.1) is 0 Å². The zero-order valence-corrected chi connectivity index (χ0v) is 19.6. The molecule has 0 radical (unpaired) electrons. The number of ether oxygens (including phenoxy) is 3. The Morgan fingerprint density at radius 2 is 1.66 bits per heavy atom. The number of aliphatic carboxylic acids is 1. The number of amides is 2. The minimum atomic E-state index is -1.06. The van der Waals surface area contributed by atoms with E-state index in [1.807, 2.05) is 55.5 Å². The largest absolute Gasteiger partial charge is 0.481 e. The first-order valence-corrected chi connectivity index (χ1v) is 11.8. The average Bonchev–Trinajstić information content (AvgIpc) is 3.18. The van der Waals surface area contributed by atoms with Crippen LogP contribution in [0.2, 0.25) is 0 Å². The lowest BCUT2D eigenvalue weighted by Crippen LogP contribution is -2.51. The molecule has 1 heterocycles. The van der Waals surface area contributed by atoms with E-state index >= 15 is 0 Å². The monoisotopic (exact) mass is 482 g/mol. The first kappa shape index (κ1) is 24.7. The van der Waals surface area contributed by atoms with Gasteiger partial charge in [-0.1, -0.05) is 48.5 Å². The lowest BCUT2D eigenvalue weighted by Gasteiger charge is -2.30. The van der Waals surface area contributed by atoms with Crippen molar-refractivity contribution in [1.29, 1.82) is 0 Å². The van der Waals surface area contributed by atoms with Gasteiger partial charge >= 0.3 is 12.1 Å². The van der Waals surface area contributed by atoms with Gasteiger partial charge in [0.1, 0.15) is 18.8 Å². The molecule has 1 fully saturated rings. The first-order chi connectivity index (χ1) is 16.9. The van der Waals surface area contributed by atoms with Crippen LogP contribution >= 0.6 is 0 Å². The van der Waals surface area contributed by atoms with Crippen molar-refractivity contribution >= 4 is 18.0 Å². The van der Waals surface area contributed by atoms with Crippen LogP contribution in [0.5, 0.6) is 0 Å². The summed E-state index contributed by atoms with van der Waals surface area (Å²) in [6, 6.07) is 14.9. The topological polar surface area (TPSA) is 123 Å². The zero-order valence-electron chi connectivity index (χ0n) is 19.6. The molecule has 0 saturated carbocycles. The van der Waals surface area contributed by atoms with Crippen LogP contribution in [0, 0.1) is 0 Å². The Hall–Kier alpha value is -3.43. The van der Waals surface area contributed by atoms with Crippen molar-refractivity contribution in [2.45, 2.75) is 43.9 Å². The molecule has 9 nitrogen and oxygen atoms in total. The van der Waals surface area contributed by atoms with Crippen LogP contribution in [-0.4, -0.2) is 67.7 Å². The molecule has 1 aliphatic heterocycles. The minimum absolute atomic E-state index is 0.0665. The summed E-state index contributed by atoms with van der Waals surface area (Å²) in [5.74, 6) is -1.68. The number of hydrogen-bond donors (Lipinski definition) is 3. The molecular weight excluding hydrogens is 452 g/mol. The number of hydrogen-bond acceptors (Lipinski definition) is 6. The highest BCUT2D eigenvalue weighted by atomic mass is 16.6. The number of carboxylic acid groups (broad SMARTS) is 1. The van der Waals surface area contributed by atoms with E-state index < -0.39 is 24.0 Å². The van der Waals surface area contributed by atoms with Crippen molar-refractivity contribution in [3.05, 3.63) is 59.7 Å². The van der Waals surface area contributed by atoms with Crippen LogP contribution in [0.3, 0.4) is 0 Å². The van der Waals surface area contributed by atoms with Gasteiger partial charge in [0, 0.05) is 18.9 Å². The Morgan fingerprint density at radius 1 is 1.03 bits per heavy atom. The summed E-state index contributed by atoms with van der Waals surface area (Å²) in [7, 11) is 0. The summed E-state index contributed by atoms with van der Waals surface area (Å²) in [6.07, 6.45) is -1.62. The Morgan fingerprint density at radius 3 is 2.29 bits per heavy atom. The maximum atomic E-state index is 12.8. The molecule has 0 spiro atoms. The molecule has 2 aliphatic rings. The third kappa shape index (κ3) is 5.98. The average molecular weight is 483 g/mol. The molecule has 1 aliphatic carbocycles. The van der Waals surface area contributed by atoms with Crippen molar-refractivity contribution in [2.24, 2.45) is 0 Å². The Kier molecular flexibility index (Phi) is 7.99. The van der Waals surface area contributed by atoms with Gasteiger partial charge in [0.25, 0.3) is 0 Å².